The number of nitrogens with zero attached hydrogens (tertiary/aromatic N) is 3. The van der Waals surface area contributed by atoms with E-state index in [0.717, 1.165) is 15.3 Å². The molecule has 0 aliphatic carbocycles. The van der Waals surface area contributed by atoms with Crippen LogP contribution in [0, 0.1) is 0 Å². The number of hydrogen-bond acceptors (Lipinski definition) is 4. The fourth-order valence-corrected chi connectivity index (χ4v) is 2.22. The largest absolute Gasteiger partial charge is 0.265 e. The Morgan fingerprint density at radius 3 is 2.62 bits per heavy atom. The molecule has 2 rings (SSSR count). The van der Waals surface area contributed by atoms with E-state index in [-0.39, 0.29) is 0 Å². The molecule has 13 heavy (non-hydrogen) atoms. The molecule has 0 saturated carbocycles. The van der Waals surface area contributed by atoms with Crippen LogP contribution >= 0.6 is 27.3 Å². The summed E-state index contributed by atoms with van der Waals surface area (Å²) >= 11 is 4.83. The molecule has 0 N–H and O–H groups in total. The Bertz CT molecular complexity index is 387. The minimum absolute atomic E-state index is 0.825. The minimum Gasteiger partial charge on any atom is -0.265 e. The van der Waals surface area contributed by atoms with Crippen molar-refractivity contribution in [2.75, 3.05) is 0 Å². The third kappa shape index (κ3) is 2.32. The Kier molecular flexibility index (Phi) is 2.65. The third-order valence-corrected chi connectivity index (χ3v) is 2.90. The Morgan fingerprint density at radius 2 is 2.00 bits per heavy atom. The van der Waals surface area contributed by atoms with E-state index in [9.17, 15) is 0 Å². The van der Waals surface area contributed by atoms with Crippen molar-refractivity contribution in [2.45, 2.75) is 6.42 Å². The van der Waals surface area contributed by atoms with Crippen LogP contribution < -0.4 is 0 Å². The zero-order chi connectivity index (χ0) is 9.10. The molecule has 0 unspecified atom stereocenters. The Hall–Kier alpha value is -0.810. The first-order valence-corrected chi connectivity index (χ1v) is 5.32. The van der Waals surface area contributed by atoms with Crippen molar-refractivity contribution >= 4 is 27.3 Å². The van der Waals surface area contributed by atoms with Gasteiger partial charge < -0.3 is 0 Å². The van der Waals surface area contributed by atoms with E-state index in [2.05, 4.69) is 31.1 Å². The average molecular weight is 256 g/mol. The van der Waals surface area contributed by atoms with Gasteiger partial charge in [-0.15, -0.1) is 10.2 Å². The first kappa shape index (κ1) is 8.77. The summed E-state index contributed by atoms with van der Waals surface area (Å²) in [6, 6.07) is 3.96. The van der Waals surface area contributed by atoms with Crippen molar-refractivity contribution in [3.8, 4) is 0 Å². The lowest BCUT2D eigenvalue weighted by Gasteiger charge is -1.93. The minimum atomic E-state index is 0.825. The first-order chi connectivity index (χ1) is 6.34. The molecule has 0 fully saturated rings. The van der Waals surface area contributed by atoms with Crippen LogP contribution in [0.5, 0.6) is 0 Å². The van der Waals surface area contributed by atoms with Crippen molar-refractivity contribution in [2.24, 2.45) is 0 Å². The van der Waals surface area contributed by atoms with Crippen LogP contribution in [0.15, 0.2) is 28.4 Å². The number of rotatable bonds is 2. The molecule has 2 aromatic heterocycles. The van der Waals surface area contributed by atoms with Crippen LogP contribution in [0.4, 0.5) is 0 Å². The predicted molar refractivity (Wildman–Crippen MR) is 54.7 cm³/mol. The summed E-state index contributed by atoms with van der Waals surface area (Å²) in [6.07, 6.45) is 4.39. The van der Waals surface area contributed by atoms with Gasteiger partial charge in [-0.25, -0.2) is 0 Å². The van der Waals surface area contributed by atoms with Crippen molar-refractivity contribution in [1.29, 1.82) is 0 Å². The zero-order valence-electron chi connectivity index (χ0n) is 6.64. The zero-order valence-corrected chi connectivity index (χ0v) is 9.05. The second-order valence-electron chi connectivity index (χ2n) is 2.48. The summed E-state index contributed by atoms with van der Waals surface area (Å²) in [6.45, 7) is 0. The van der Waals surface area contributed by atoms with Gasteiger partial charge in [0, 0.05) is 18.8 Å². The van der Waals surface area contributed by atoms with Gasteiger partial charge in [0.2, 0.25) is 0 Å². The summed E-state index contributed by atoms with van der Waals surface area (Å²) in [4.78, 5) is 3.95. The molecule has 0 aromatic carbocycles. The van der Waals surface area contributed by atoms with Crippen molar-refractivity contribution in [3.63, 3.8) is 0 Å². The van der Waals surface area contributed by atoms with E-state index in [1.165, 1.54) is 5.56 Å². The molecule has 0 amide bonds. The molecule has 0 saturated heterocycles. The lowest BCUT2D eigenvalue weighted by atomic mass is 10.2. The topological polar surface area (TPSA) is 38.7 Å². The van der Waals surface area contributed by atoms with Gasteiger partial charge in [0.05, 0.1) is 0 Å². The van der Waals surface area contributed by atoms with Gasteiger partial charge in [-0.05, 0) is 33.6 Å². The first-order valence-electron chi connectivity index (χ1n) is 3.71. The summed E-state index contributed by atoms with van der Waals surface area (Å²) in [7, 11) is 0. The van der Waals surface area contributed by atoms with Gasteiger partial charge in [0.1, 0.15) is 5.01 Å². The molecule has 0 radical (unpaired) electrons. The molecule has 0 aliphatic rings. The molecule has 0 bridgehead atoms. The number of aromatic nitrogens is 3. The highest BCUT2D eigenvalue weighted by atomic mass is 79.9. The second kappa shape index (κ2) is 3.93. The molecular weight excluding hydrogens is 250 g/mol. The molecule has 3 nitrogen and oxygen atoms in total. The SMILES string of the molecule is Brc1nnc(Cc2ccncc2)s1. The maximum Gasteiger partial charge on any atom is 0.183 e. The summed E-state index contributed by atoms with van der Waals surface area (Å²) < 4.78 is 0.830. The van der Waals surface area contributed by atoms with Crippen LogP contribution in [-0.2, 0) is 6.42 Å². The fraction of sp³-hybridized carbons (Fsp3) is 0.125. The molecule has 0 spiro atoms. The van der Waals surface area contributed by atoms with Crippen LogP contribution in [-0.4, -0.2) is 15.2 Å². The predicted octanol–water partition coefficient (Wildman–Crippen LogP) is 2.29. The normalized spacial score (nSPS) is 10.2. The van der Waals surface area contributed by atoms with Crippen molar-refractivity contribution in [3.05, 3.63) is 39.0 Å². The lowest BCUT2D eigenvalue weighted by molar-refractivity contribution is 0.990. The Labute approximate surface area is 88.0 Å². The van der Waals surface area contributed by atoms with Crippen molar-refractivity contribution in [1.82, 2.24) is 15.2 Å². The molecule has 0 atom stereocenters. The maximum absolute atomic E-state index is 4.01. The third-order valence-electron chi connectivity index (χ3n) is 1.55. The van der Waals surface area contributed by atoms with Gasteiger partial charge in [-0.2, -0.15) is 0 Å². The van der Waals surface area contributed by atoms with Crippen molar-refractivity contribution < 1.29 is 0 Å². The standard InChI is InChI=1S/C8H6BrN3S/c9-8-12-11-7(13-8)5-6-1-3-10-4-2-6/h1-4H,5H2. The maximum atomic E-state index is 4.01. The highest BCUT2D eigenvalue weighted by molar-refractivity contribution is 9.11. The molecule has 0 aliphatic heterocycles. The monoisotopic (exact) mass is 255 g/mol. The van der Waals surface area contributed by atoms with E-state index in [4.69, 9.17) is 0 Å². The number of halogens is 1. The molecular formula is C8H6BrN3S. The Balaban J connectivity index is 2.15. The smallest absolute Gasteiger partial charge is 0.183 e. The van der Waals surface area contributed by atoms with Gasteiger partial charge in [0.25, 0.3) is 0 Å². The van der Waals surface area contributed by atoms with Crippen LogP contribution in [0.3, 0.4) is 0 Å². The van der Waals surface area contributed by atoms with E-state index < -0.39 is 0 Å². The summed E-state index contributed by atoms with van der Waals surface area (Å²) in [5.41, 5.74) is 1.21. The van der Waals surface area contributed by atoms with Crippen LogP contribution in [0.25, 0.3) is 0 Å². The number of pyridine rings is 1. The highest BCUT2D eigenvalue weighted by Gasteiger charge is 2.01. The summed E-state index contributed by atoms with van der Waals surface area (Å²) in [5, 5.41) is 8.91. The van der Waals surface area contributed by atoms with Crippen LogP contribution in [0.2, 0.25) is 0 Å². The lowest BCUT2D eigenvalue weighted by Crippen LogP contribution is -1.86. The second-order valence-corrected chi connectivity index (χ2v) is 4.82. The Morgan fingerprint density at radius 1 is 1.23 bits per heavy atom. The van der Waals surface area contributed by atoms with E-state index in [1.807, 2.05) is 12.1 Å². The molecule has 66 valence electrons. The van der Waals surface area contributed by atoms with Crippen LogP contribution in [0.1, 0.15) is 10.6 Å². The van der Waals surface area contributed by atoms with Gasteiger partial charge in [-0.1, -0.05) is 11.3 Å². The van der Waals surface area contributed by atoms with Gasteiger partial charge in [0.15, 0.2) is 3.92 Å². The van der Waals surface area contributed by atoms with E-state index >= 15 is 0 Å². The fourth-order valence-electron chi connectivity index (χ4n) is 0.980. The summed E-state index contributed by atoms with van der Waals surface area (Å²) in [5.74, 6) is 0. The highest BCUT2D eigenvalue weighted by Crippen LogP contribution is 2.18. The van der Waals surface area contributed by atoms with Gasteiger partial charge in [-0.3, -0.25) is 4.98 Å². The van der Waals surface area contributed by atoms with Gasteiger partial charge >= 0.3 is 0 Å². The van der Waals surface area contributed by atoms with E-state index in [1.54, 1.807) is 23.7 Å². The van der Waals surface area contributed by atoms with E-state index in [0.29, 0.717) is 0 Å². The molecule has 2 heterocycles. The number of hydrogen-bond donors (Lipinski definition) is 0. The quantitative estimate of drug-likeness (QED) is 0.827. The molecule has 2 aromatic rings. The average Bonchev–Trinajstić information content (AvgIpc) is 2.53. The molecule has 5 heteroatoms.